The van der Waals surface area contributed by atoms with Crippen LogP contribution in [0.1, 0.15) is 18.1 Å². The first-order valence-corrected chi connectivity index (χ1v) is 7.68. The average molecular weight is 355 g/mol. The molecule has 0 amide bonds. The maximum atomic E-state index is 6.21. The van der Waals surface area contributed by atoms with Crippen LogP contribution in [0.2, 0.25) is 5.02 Å². The monoisotopic (exact) mass is 353 g/mol. The van der Waals surface area contributed by atoms with Crippen molar-refractivity contribution in [3.8, 4) is 5.75 Å². The van der Waals surface area contributed by atoms with Gasteiger partial charge in [-0.2, -0.15) is 0 Å². The minimum absolute atomic E-state index is 0.681. The van der Waals surface area contributed by atoms with Crippen LogP contribution in [-0.4, -0.2) is 6.61 Å². The highest BCUT2D eigenvalue weighted by Gasteiger charge is 2.04. The van der Waals surface area contributed by atoms with Crippen molar-refractivity contribution >= 4 is 33.2 Å². The Balaban J connectivity index is 2.07. The zero-order valence-electron chi connectivity index (χ0n) is 11.5. The van der Waals surface area contributed by atoms with E-state index in [1.54, 1.807) is 0 Å². The molecule has 106 valence electrons. The minimum Gasteiger partial charge on any atom is -0.494 e. The molecule has 1 N–H and O–H groups in total. The summed E-state index contributed by atoms with van der Waals surface area (Å²) in [6.45, 7) is 5.42. The highest BCUT2D eigenvalue weighted by Crippen LogP contribution is 2.25. The summed E-state index contributed by atoms with van der Waals surface area (Å²) in [7, 11) is 0. The molecule has 0 aromatic heterocycles. The molecule has 0 aliphatic heterocycles. The molecule has 0 radical (unpaired) electrons. The fourth-order valence-corrected chi connectivity index (χ4v) is 2.69. The summed E-state index contributed by atoms with van der Waals surface area (Å²) in [5.74, 6) is 0.900. The summed E-state index contributed by atoms with van der Waals surface area (Å²) in [4.78, 5) is 0. The molecule has 2 rings (SSSR count). The quantitative estimate of drug-likeness (QED) is 0.774. The highest BCUT2D eigenvalue weighted by molar-refractivity contribution is 9.10. The molecular formula is C16H17BrClNO. The Morgan fingerprint density at radius 1 is 1.20 bits per heavy atom. The molecule has 2 aromatic carbocycles. The van der Waals surface area contributed by atoms with Crippen LogP contribution < -0.4 is 10.1 Å². The van der Waals surface area contributed by atoms with Crippen molar-refractivity contribution in [2.75, 3.05) is 11.9 Å². The van der Waals surface area contributed by atoms with Crippen LogP contribution in [0.15, 0.2) is 40.9 Å². The van der Waals surface area contributed by atoms with Gasteiger partial charge in [0.15, 0.2) is 0 Å². The average Bonchev–Trinajstić information content (AvgIpc) is 2.40. The second-order valence-corrected chi connectivity index (χ2v) is 5.82. The molecule has 4 heteroatoms. The van der Waals surface area contributed by atoms with Crippen LogP contribution in [0, 0.1) is 6.92 Å². The van der Waals surface area contributed by atoms with Crippen LogP contribution in [0.4, 0.5) is 5.69 Å². The van der Waals surface area contributed by atoms with Gasteiger partial charge in [0.1, 0.15) is 5.75 Å². The molecule has 0 bridgehead atoms. The third-order valence-corrected chi connectivity index (χ3v) is 3.84. The molecule has 2 nitrogen and oxygen atoms in total. The largest absolute Gasteiger partial charge is 0.494 e. The van der Waals surface area contributed by atoms with Gasteiger partial charge in [0.05, 0.1) is 6.61 Å². The number of hydrogen-bond acceptors (Lipinski definition) is 2. The molecule has 0 saturated carbocycles. The van der Waals surface area contributed by atoms with Crippen molar-refractivity contribution in [2.24, 2.45) is 0 Å². The number of rotatable bonds is 5. The second kappa shape index (κ2) is 7.00. The fraction of sp³-hybridized carbons (Fsp3) is 0.250. The smallest absolute Gasteiger partial charge is 0.119 e. The van der Waals surface area contributed by atoms with Crippen molar-refractivity contribution < 1.29 is 4.74 Å². The highest BCUT2D eigenvalue weighted by atomic mass is 79.9. The van der Waals surface area contributed by atoms with E-state index in [1.807, 2.05) is 43.3 Å². The van der Waals surface area contributed by atoms with Gasteiger partial charge in [0.2, 0.25) is 0 Å². The van der Waals surface area contributed by atoms with E-state index in [4.69, 9.17) is 16.3 Å². The summed E-state index contributed by atoms with van der Waals surface area (Å²) >= 11 is 9.62. The topological polar surface area (TPSA) is 21.3 Å². The van der Waals surface area contributed by atoms with Gasteiger partial charge in [-0.1, -0.05) is 33.6 Å². The number of ether oxygens (including phenoxy) is 1. The molecule has 0 unspecified atom stereocenters. The Hall–Kier alpha value is -1.19. The lowest BCUT2D eigenvalue weighted by molar-refractivity contribution is 0.340. The molecule has 0 heterocycles. The predicted octanol–water partition coefficient (Wildman–Crippen LogP) is 5.42. The Bertz CT molecular complexity index is 601. The number of aryl methyl sites for hydroxylation is 1. The number of hydrogen-bond donors (Lipinski definition) is 1. The molecule has 0 aliphatic rings. The van der Waals surface area contributed by atoms with E-state index in [0.717, 1.165) is 32.1 Å². The number of anilines is 1. The SMILES string of the molecule is CCOc1ccc(NCc2ccc(Br)cc2Cl)c(C)c1. The van der Waals surface area contributed by atoms with E-state index in [-0.39, 0.29) is 0 Å². The van der Waals surface area contributed by atoms with Crippen LogP contribution in [-0.2, 0) is 6.54 Å². The first kappa shape index (κ1) is 15.2. The first-order chi connectivity index (χ1) is 9.60. The van der Waals surface area contributed by atoms with Gasteiger partial charge < -0.3 is 10.1 Å². The molecule has 0 atom stereocenters. The summed E-state index contributed by atoms with van der Waals surface area (Å²) in [5.41, 5.74) is 3.32. The minimum atomic E-state index is 0.681. The third kappa shape index (κ3) is 3.90. The Morgan fingerprint density at radius 3 is 2.65 bits per heavy atom. The standard InChI is InChI=1S/C16H17BrClNO/c1-3-20-14-6-7-16(11(2)8-14)19-10-12-4-5-13(17)9-15(12)18/h4-9,19H,3,10H2,1-2H3. The lowest BCUT2D eigenvalue weighted by Crippen LogP contribution is -2.02. The normalized spacial score (nSPS) is 10.4. The Kier molecular flexibility index (Phi) is 5.32. The van der Waals surface area contributed by atoms with Crippen molar-refractivity contribution in [3.05, 3.63) is 57.0 Å². The summed E-state index contributed by atoms with van der Waals surface area (Å²) < 4.78 is 6.47. The lowest BCUT2D eigenvalue weighted by atomic mass is 10.1. The molecule has 20 heavy (non-hydrogen) atoms. The van der Waals surface area contributed by atoms with E-state index in [1.165, 1.54) is 0 Å². The van der Waals surface area contributed by atoms with Gasteiger partial charge in [-0.3, -0.25) is 0 Å². The molecule has 0 saturated heterocycles. The van der Waals surface area contributed by atoms with Crippen LogP contribution in [0.3, 0.4) is 0 Å². The van der Waals surface area contributed by atoms with Gasteiger partial charge in [0.25, 0.3) is 0 Å². The molecule has 0 fully saturated rings. The second-order valence-electron chi connectivity index (χ2n) is 4.50. The lowest BCUT2D eigenvalue weighted by Gasteiger charge is -2.12. The Morgan fingerprint density at radius 2 is 2.00 bits per heavy atom. The van der Waals surface area contributed by atoms with E-state index in [9.17, 15) is 0 Å². The summed E-state index contributed by atoms with van der Waals surface area (Å²) in [6, 6.07) is 12.0. The van der Waals surface area contributed by atoms with E-state index in [2.05, 4.69) is 28.2 Å². The van der Waals surface area contributed by atoms with Gasteiger partial charge in [-0.15, -0.1) is 0 Å². The van der Waals surface area contributed by atoms with Gasteiger partial charge >= 0.3 is 0 Å². The molecule has 0 aliphatic carbocycles. The maximum absolute atomic E-state index is 6.21. The van der Waals surface area contributed by atoms with Gasteiger partial charge in [0, 0.05) is 21.7 Å². The molecular weight excluding hydrogens is 338 g/mol. The summed E-state index contributed by atoms with van der Waals surface area (Å²) in [5, 5.41) is 4.16. The fourth-order valence-electron chi connectivity index (χ4n) is 1.95. The predicted molar refractivity (Wildman–Crippen MR) is 88.8 cm³/mol. The van der Waals surface area contributed by atoms with Crippen LogP contribution >= 0.6 is 27.5 Å². The zero-order chi connectivity index (χ0) is 14.5. The van der Waals surface area contributed by atoms with Crippen LogP contribution in [0.25, 0.3) is 0 Å². The number of nitrogens with one attached hydrogen (secondary N) is 1. The zero-order valence-corrected chi connectivity index (χ0v) is 13.9. The number of halogens is 2. The number of benzene rings is 2. The van der Waals surface area contributed by atoms with Crippen molar-refractivity contribution in [1.29, 1.82) is 0 Å². The summed E-state index contributed by atoms with van der Waals surface area (Å²) in [6.07, 6.45) is 0. The third-order valence-electron chi connectivity index (χ3n) is 2.99. The van der Waals surface area contributed by atoms with Crippen molar-refractivity contribution in [2.45, 2.75) is 20.4 Å². The molecule has 2 aromatic rings. The van der Waals surface area contributed by atoms with E-state index in [0.29, 0.717) is 13.2 Å². The van der Waals surface area contributed by atoms with Crippen molar-refractivity contribution in [3.63, 3.8) is 0 Å². The maximum Gasteiger partial charge on any atom is 0.119 e. The first-order valence-electron chi connectivity index (χ1n) is 6.51. The molecule has 0 spiro atoms. The Labute approximate surface area is 133 Å². The van der Waals surface area contributed by atoms with Crippen LogP contribution in [0.5, 0.6) is 5.75 Å². The van der Waals surface area contributed by atoms with Gasteiger partial charge in [-0.05, 0) is 55.3 Å². The van der Waals surface area contributed by atoms with Gasteiger partial charge in [-0.25, -0.2) is 0 Å². The van der Waals surface area contributed by atoms with E-state index < -0.39 is 0 Å². The van der Waals surface area contributed by atoms with E-state index >= 15 is 0 Å². The van der Waals surface area contributed by atoms with Crippen molar-refractivity contribution in [1.82, 2.24) is 0 Å².